The highest BCUT2D eigenvalue weighted by molar-refractivity contribution is 7.91. The third-order valence-corrected chi connectivity index (χ3v) is 5.56. The summed E-state index contributed by atoms with van der Waals surface area (Å²) < 4.78 is 29.4. The lowest BCUT2D eigenvalue weighted by molar-refractivity contribution is -0.385. The van der Waals surface area contributed by atoms with Crippen molar-refractivity contribution in [3.05, 3.63) is 21.0 Å². The molecule has 0 aromatic carbocycles. The Labute approximate surface area is 120 Å². The van der Waals surface area contributed by atoms with Gasteiger partial charge in [0, 0.05) is 7.11 Å². The molecule has 0 N–H and O–H groups in total. The van der Waals surface area contributed by atoms with Gasteiger partial charge in [-0.2, -0.15) is 5.10 Å². The van der Waals surface area contributed by atoms with Crippen molar-refractivity contribution in [2.45, 2.75) is 25.5 Å². The Balaban J connectivity index is 2.53. The first-order valence-corrected chi connectivity index (χ1v) is 8.02. The minimum atomic E-state index is -3.18. The summed E-state index contributed by atoms with van der Waals surface area (Å²) in [6.45, 7) is 1.61. The molecular weight excluding hydrogens is 310 g/mol. The Bertz CT molecular complexity index is 656. The Kier molecular flexibility index (Phi) is 3.78. The second-order valence-corrected chi connectivity index (χ2v) is 7.57. The molecule has 1 atom stereocenters. The molecule has 0 spiro atoms. The summed E-state index contributed by atoms with van der Waals surface area (Å²) in [5.74, 6) is -0.113. The van der Waals surface area contributed by atoms with Crippen LogP contribution in [0.2, 0.25) is 5.15 Å². The number of nitro groups is 1. The van der Waals surface area contributed by atoms with E-state index in [0.29, 0.717) is 6.42 Å². The van der Waals surface area contributed by atoms with Crippen LogP contribution in [-0.2, 0) is 26.7 Å². The maximum absolute atomic E-state index is 11.6. The second kappa shape index (κ2) is 4.97. The molecule has 0 bridgehead atoms. The predicted octanol–water partition coefficient (Wildman–Crippen LogP) is 1.12. The largest absolute Gasteiger partial charge is 0.378 e. The number of hydrogen-bond donors (Lipinski definition) is 0. The molecule has 112 valence electrons. The van der Waals surface area contributed by atoms with Crippen LogP contribution >= 0.6 is 11.6 Å². The maximum atomic E-state index is 11.6. The average Bonchev–Trinajstić information content (AvgIpc) is 2.78. The Morgan fingerprint density at radius 2 is 2.25 bits per heavy atom. The van der Waals surface area contributed by atoms with Gasteiger partial charge in [0.25, 0.3) is 0 Å². The number of rotatable bonds is 4. The second-order valence-electron chi connectivity index (χ2n) is 5.03. The highest BCUT2D eigenvalue weighted by Gasteiger charge is 2.44. The lowest BCUT2D eigenvalue weighted by Crippen LogP contribution is -2.32. The molecule has 0 amide bonds. The van der Waals surface area contributed by atoms with Crippen molar-refractivity contribution in [1.82, 2.24) is 9.78 Å². The molecular formula is C10H14ClN3O5S. The van der Waals surface area contributed by atoms with E-state index < -0.39 is 20.3 Å². The van der Waals surface area contributed by atoms with Crippen LogP contribution in [0.25, 0.3) is 0 Å². The SMILES string of the molecule is COCc1nn(C2(C)CCS(=O)(=O)C2)c(Cl)c1[N+](=O)[O-]. The van der Waals surface area contributed by atoms with Gasteiger partial charge in [0.15, 0.2) is 15.5 Å². The minimum absolute atomic E-state index is 0.0209. The van der Waals surface area contributed by atoms with Crippen molar-refractivity contribution in [3.8, 4) is 0 Å². The molecule has 1 saturated heterocycles. The van der Waals surface area contributed by atoms with Crippen LogP contribution in [0.1, 0.15) is 19.0 Å². The molecule has 1 aliphatic rings. The van der Waals surface area contributed by atoms with E-state index in [0.717, 1.165) is 0 Å². The van der Waals surface area contributed by atoms with Crippen molar-refractivity contribution in [3.63, 3.8) is 0 Å². The third kappa shape index (κ3) is 2.52. The molecule has 0 saturated carbocycles. The van der Waals surface area contributed by atoms with Gasteiger partial charge in [-0.1, -0.05) is 11.6 Å². The lowest BCUT2D eigenvalue weighted by atomic mass is 10.0. The van der Waals surface area contributed by atoms with E-state index in [2.05, 4.69) is 5.10 Å². The Hall–Kier alpha value is -1.19. The number of aromatic nitrogens is 2. The fourth-order valence-electron chi connectivity index (χ4n) is 2.36. The van der Waals surface area contributed by atoms with E-state index in [-0.39, 0.29) is 34.6 Å². The molecule has 1 unspecified atom stereocenters. The zero-order valence-electron chi connectivity index (χ0n) is 11.0. The van der Waals surface area contributed by atoms with E-state index >= 15 is 0 Å². The highest BCUT2D eigenvalue weighted by Crippen LogP contribution is 2.38. The number of halogens is 1. The summed E-state index contributed by atoms with van der Waals surface area (Å²) in [5.41, 5.74) is -1.11. The number of nitrogens with zero attached hydrogens (tertiary/aromatic N) is 3. The van der Waals surface area contributed by atoms with Crippen LogP contribution < -0.4 is 0 Å². The van der Waals surface area contributed by atoms with Crippen molar-refractivity contribution in [2.24, 2.45) is 0 Å². The van der Waals surface area contributed by atoms with Crippen molar-refractivity contribution in [2.75, 3.05) is 18.6 Å². The predicted molar refractivity (Wildman–Crippen MR) is 71.5 cm³/mol. The maximum Gasteiger partial charge on any atom is 0.331 e. The van der Waals surface area contributed by atoms with Crippen LogP contribution in [0.3, 0.4) is 0 Å². The topological polar surface area (TPSA) is 104 Å². The Morgan fingerprint density at radius 3 is 2.70 bits per heavy atom. The average molecular weight is 324 g/mol. The Morgan fingerprint density at radius 1 is 1.60 bits per heavy atom. The number of sulfone groups is 1. The first kappa shape index (κ1) is 15.2. The molecule has 10 heteroatoms. The molecule has 1 aliphatic heterocycles. The van der Waals surface area contributed by atoms with Gasteiger partial charge in [0.1, 0.15) is 0 Å². The summed E-state index contributed by atoms with van der Waals surface area (Å²) >= 11 is 6.03. The number of ether oxygens (including phenoxy) is 1. The monoisotopic (exact) mass is 323 g/mol. The van der Waals surface area contributed by atoms with Gasteiger partial charge >= 0.3 is 5.69 Å². The van der Waals surface area contributed by atoms with Gasteiger partial charge in [-0.25, -0.2) is 13.1 Å². The van der Waals surface area contributed by atoms with Gasteiger partial charge in [0.05, 0.1) is 28.6 Å². The van der Waals surface area contributed by atoms with Gasteiger partial charge in [-0.3, -0.25) is 10.1 Å². The van der Waals surface area contributed by atoms with Crippen molar-refractivity contribution >= 4 is 27.1 Å². The quantitative estimate of drug-likeness (QED) is 0.607. The number of hydrogen-bond acceptors (Lipinski definition) is 6. The molecule has 8 nitrogen and oxygen atoms in total. The first-order chi connectivity index (χ1) is 9.20. The molecule has 0 aliphatic carbocycles. The van der Waals surface area contributed by atoms with E-state index in [1.165, 1.54) is 11.8 Å². The van der Waals surface area contributed by atoms with Crippen LogP contribution in [0.4, 0.5) is 5.69 Å². The van der Waals surface area contributed by atoms with E-state index in [1.807, 2.05) is 0 Å². The molecule has 20 heavy (non-hydrogen) atoms. The van der Waals surface area contributed by atoms with Crippen LogP contribution in [-0.4, -0.2) is 41.7 Å². The molecule has 1 aromatic heterocycles. The van der Waals surface area contributed by atoms with E-state index in [9.17, 15) is 18.5 Å². The van der Waals surface area contributed by atoms with Crippen LogP contribution in [0.5, 0.6) is 0 Å². The highest BCUT2D eigenvalue weighted by atomic mass is 35.5. The lowest BCUT2D eigenvalue weighted by Gasteiger charge is -2.23. The molecule has 0 radical (unpaired) electrons. The third-order valence-electron chi connectivity index (χ3n) is 3.33. The summed E-state index contributed by atoms with van der Waals surface area (Å²) in [5, 5.41) is 15.0. The van der Waals surface area contributed by atoms with Gasteiger partial charge in [-0.05, 0) is 13.3 Å². The zero-order valence-corrected chi connectivity index (χ0v) is 12.6. The van der Waals surface area contributed by atoms with E-state index in [1.54, 1.807) is 6.92 Å². The molecule has 2 rings (SSSR count). The molecule has 2 heterocycles. The summed E-state index contributed by atoms with van der Waals surface area (Å²) in [6, 6.07) is 0. The molecule has 1 aromatic rings. The zero-order chi connectivity index (χ0) is 15.1. The minimum Gasteiger partial charge on any atom is -0.378 e. The van der Waals surface area contributed by atoms with Crippen molar-refractivity contribution in [1.29, 1.82) is 0 Å². The van der Waals surface area contributed by atoms with Crippen LogP contribution in [0, 0.1) is 10.1 Å². The first-order valence-electron chi connectivity index (χ1n) is 5.82. The summed E-state index contributed by atoms with van der Waals surface area (Å²) in [6.07, 6.45) is 0.320. The van der Waals surface area contributed by atoms with Gasteiger partial charge in [0.2, 0.25) is 5.15 Å². The number of methoxy groups -OCH3 is 1. The van der Waals surface area contributed by atoms with E-state index in [4.69, 9.17) is 16.3 Å². The van der Waals surface area contributed by atoms with Gasteiger partial charge < -0.3 is 4.74 Å². The summed E-state index contributed by atoms with van der Waals surface area (Å²) in [7, 11) is -1.79. The standard InChI is InChI=1S/C10H14ClN3O5S/c1-10(3-4-20(17,18)6-10)13-9(11)8(14(15)16)7(12-13)5-19-2/h3-6H2,1-2H3. The fourth-order valence-corrected chi connectivity index (χ4v) is 4.89. The van der Waals surface area contributed by atoms with Gasteiger partial charge in [-0.15, -0.1) is 0 Å². The smallest absolute Gasteiger partial charge is 0.331 e. The van der Waals surface area contributed by atoms with Crippen molar-refractivity contribution < 1.29 is 18.1 Å². The normalized spacial score (nSPS) is 24.9. The molecule has 1 fully saturated rings. The van der Waals surface area contributed by atoms with Crippen LogP contribution in [0.15, 0.2) is 0 Å². The summed E-state index contributed by atoms with van der Waals surface area (Å²) in [4.78, 5) is 10.4. The fraction of sp³-hybridized carbons (Fsp3) is 0.700.